The van der Waals surface area contributed by atoms with Crippen molar-refractivity contribution in [1.82, 2.24) is 0 Å². The summed E-state index contributed by atoms with van der Waals surface area (Å²) in [7, 11) is 7.72. The SMILES string of the molecule is COc1cc2c(cc1OC)/C(=C/c1cc(OC)c(OC)c(OC)c1)C(=O)OC2. The van der Waals surface area contributed by atoms with Crippen LogP contribution in [0, 0.1) is 0 Å². The van der Waals surface area contributed by atoms with Crippen molar-refractivity contribution in [3.8, 4) is 28.7 Å². The Labute approximate surface area is 163 Å². The molecular weight excluding hydrogens is 364 g/mol. The van der Waals surface area contributed by atoms with Crippen LogP contribution in [0.3, 0.4) is 0 Å². The van der Waals surface area contributed by atoms with Crippen LogP contribution in [0.15, 0.2) is 24.3 Å². The van der Waals surface area contributed by atoms with Crippen LogP contribution in [0.5, 0.6) is 28.7 Å². The quantitative estimate of drug-likeness (QED) is 0.557. The Hall–Kier alpha value is -3.35. The van der Waals surface area contributed by atoms with Gasteiger partial charge in [-0.3, -0.25) is 0 Å². The third kappa shape index (κ3) is 3.43. The number of carbonyl (C=O) groups excluding carboxylic acids is 1. The molecule has 0 saturated heterocycles. The van der Waals surface area contributed by atoms with Gasteiger partial charge in [0, 0.05) is 5.56 Å². The van der Waals surface area contributed by atoms with Gasteiger partial charge >= 0.3 is 5.97 Å². The Morgan fingerprint density at radius 1 is 0.786 bits per heavy atom. The van der Waals surface area contributed by atoms with Crippen LogP contribution in [0.1, 0.15) is 16.7 Å². The molecule has 1 heterocycles. The first-order valence-corrected chi connectivity index (χ1v) is 8.50. The highest BCUT2D eigenvalue weighted by atomic mass is 16.5. The number of carbonyl (C=O) groups is 1. The zero-order valence-electron chi connectivity index (χ0n) is 16.5. The van der Waals surface area contributed by atoms with Crippen molar-refractivity contribution in [2.45, 2.75) is 6.61 Å². The second-order valence-electron chi connectivity index (χ2n) is 5.96. The normalized spacial score (nSPS) is 14.2. The van der Waals surface area contributed by atoms with Crippen LogP contribution < -0.4 is 23.7 Å². The number of fused-ring (bicyclic) bond motifs is 1. The standard InChI is InChI=1S/C21H22O7/c1-23-16-9-13-11-28-21(22)15(14(13)10-17(16)24-2)6-12-7-18(25-3)20(27-5)19(8-12)26-4/h6-10H,11H2,1-5H3/b15-6-. The highest BCUT2D eigenvalue weighted by Crippen LogP contribution is 2.41. The maximum atomic E-state index is 12.5. The number of hydrogen-bond acceptors (Lipinski definition) is 7. The molecule has 0 bridgehead atoms. The number of cyclic esters (lactones) is 1. The minimum absolute atomic E-state index is 0.168. The molecule has 0 saturated carbocycles. The Bertz CT molecular complexity index is 906. The van der Waals surface area contributed by atoms with Crippen LogP contribution >= 0.6 is 0 Å². The maximum Gasteiger partial charge on any atom is 0.339 e. The molecule has 2 aromatic rings. The summed E-state index contributed by atoms with van der Waals surface area (Å²) in [4.78, 5) is 12.5. The van der Waals surface area contributed by atoms with Crippen LogP contribution in [-0.2, 0) is 16.1 Å². The van der Waals surface area contributed by atoms with E-state index in [1.165, 1.54) is 21.3 Å². The van der Waals surface area contributed by atoms with E-state index in [4.69, 9.17) is 28.4 Å². The van der Waals surface area contributed by atoms with Crippen molar-refractivity contribution in [3.05, 3.63) is 41.0 Å². The molecule has 0 atom stereocenters. The molecule has 0 aromatic heterocycles. The summed E-state index contributed by atoms with van der Waals surface area (Å²) in [5.41, 5.74) is 2.65. The monoisotopic (exact) mass is 386 g/mol. The van der Waals surface area contributed by atoms with Gasteiger partial charge in [0.15, 0.2) is 23.0 Å². The Morgan fingerprint density at radius 2 is 1.36 bits per heavy atom. The minimum atomic E-state index is -0.423. The van der Waals surface area contributed by atoms with Gasteiger partial charge in [0.1, 0.15) is 6.61 Å². The second-order valence-corrected chi connectivity index (χ2v) is 5.96. The van der Waals surface area contributed by atoms with Crippen molar-refractivity contribution in [1.29, 1.82) is 0 Å². The predicted molar refractivity (Wildman–Crippen MR) is 103 cm³/mol. The zero-order chi connectivity index (χ0) is 20.3. The number of esters is 1. The summed E-state index contributed by atoms with van der Waals surface area (Å²) in [5, 5.41) is 0. The fourth-order valence-electron chi connectivity index (χ4n) is 3.11. The van der Waals surface area contributed by atoms with Crippen LogP contribution in [0.4, 0.5) is 0 Å². The maximum absolute atomic E-state index is 12.5. The first-order chi connectivity index (χ1) is 13.6. The lowest BCUT2D eigenvalue weighted by Gasteiger charge is -2.21. The summed E-state index contributed by atoms with van der Waals surface area (Å²) in [5.74, 6) is 2.15. The van der Waals surface area contributed by atoms with E-state index in [-0.39, 0.29) is 6.61 Å². The average Bonchev–Trinajstić information content (AvgIpc) is 2.73. The Kier molecular flexibility index (Phi) is 5.63. The number of rotatable bonds is 6. The molecule has 7 nitrogen and oxygen atoms in total. The highest BCUT2D eigenvalue weighted by Gasteiger charge is 2.26. The molecule has 0 N–H and O–H groups in total. The van der Waals surface area contributed by atoms with Crippen LogP contribution in [0.2, 0.25) is 0 Å². The Balaban J connectivity index is 2.16. The van der Waals surface area contributed by atoms with Crippen molar-refractivity contribution >= 4 is 17.6 Å². The van der Waals surface area contributed by atoms with Gasteiger partial charge in [0.2, 0.25) is 5.75 Å². The van der Waals surface area contributed by atoms with Crippen LogP contribution in [0.25, 0.3) is 11.6 Å². The molecule has 148 valence electrons. The lowest BCUT2D eigenvalue weighted by Crippen LogP contribution is -2.15. The van der Waals surface area contributed by atoms with E-state index in [0.29, 0.717) is 39.9 Å². The molecule has 3 rings (SSSR count). The van der Waals surface area contributed by atoms with E-state index in [1.807, 2.05) is 6.07 Å². The van der Waals surface area contributed by atoms with E-state index in [2.05, 4.69) is 0 Å². The number of methoxy groups -OCH3 is 5. The fourth-order valence-corrected chi connectivity index (χ4v) is 3.11. The summed E-state index contributed by atoms with van der Waals surface area (Å²) >= 11 is 0. The van der Waals surface area contributed by atoms with E-state index in [0.717, 1.165) is 11.1 Å². The van der Waals surface area contributed by atoms with Crippen molar-refractivity contribution in [3.63, 3.8) is 0 Å². The van der Waals surface area contributed by atoms with E-state index >= 15 is 0 Å². The van der Waals surface area contributed by atoms with E-state index in [9.17, 15) is 4.79 Å². The molecule has 7 heteroatoms. The van der Waals surface area contributed by atoms with Gasteiger partial charge < -0.3 is 28.4 Å². The largest absolute Gasteiger partial charge is 0.493 e. The summed E-state index contributed by atoms with van der Waals surface area (Å²) < 4.78 is 32.2. The van der Waals surface area contributed by atoms with Gasteiger partial charge in [0.05, 0.1) is 41.1 Å². The lowest BCUT2D eigenvalue weighted by atomic mass is 9.95. The van der Waals surface area contributed by atoms with Gasteiger partial charge in [-0.05, 0) is 41.5 Å². The van der Waals surface area contributed by atoms with Gasteiger partial charge in [-0.2, -0.15) is 0 Å². The van der Waals surface area contributed by atoms with Crippen molar-refractivity contribution in [2.24, 2.45) is 0 Å². The molecule has 0 amide bonds. The third-order valence-corrected chi connectivity index (χ3v) is 4.48. The van der Waals surface area contributed by atoms with Gasteiger partial charge in [0.25, 0.3) is 0 Å². The zero-order valence-corrected chi connectivity index (χ0v) is 16.5. The Morgan fingerprint density at radius 3 is 1.89 bits per heavy atom. The van der Waals surface area contributed by atoms with Gasteiger partial charge in [-0.1, -0.05) is 0 Å². The molecule has 0 unspecified atom stereocenters. The first kappa shape index (κ1) is 19.4. The third-order valence-electron chi connectivity index (χ3n) is 4.48. The topological polar surface area (TPSA) is 72.5 Å². The molecule has 1 aliphatic heterocycles. The highest BCUT2D eigenvalue weighted by molar-refractivity contribution is 6.23. The molecule has 0 spiro atoms. The second kappa shape index (κ2) is 8.12. The predicted octanol–water partition coefficient (Wildman–Crippen LogP) is 3.33. The summed E-state index contributed by atoms with van der Waals surface area (Å²) in [6, 6.07) is 7.11. The smallest absolute Gasteiger partial charge is 0.339 e. The van der Waals surface area contributed by atoms with Gasteiger partial charge in [-0.15, -0.1) is 0 Å². The summed E-state index contributed by atoms with van der Waals surface area (Å²) in [6.45, 7) is 0.168. The van der Waals surface area contributed by atoms with Crippen LogP contribution in [-0.4, -0.2) is 41.5 Å². The molecule has 0 radical (unpaired) electrons. The molecule has 1 aliphatic rings. The number of benzene rings is 2. The first-order valence-electron chi connectivity index (χ1n) is 8.50. The number of ether oxygens (including phenoxy) is 6. The van der Waals surface area contributed by atoms with E-state index in [1.54, 1.807) is 38.5 Å². The minimum Gasteiger partial charge on any atom is -0.493 e. The molecule has 0 aliphatic carbocycles. The van der Waals surface area contributed by atoms with Crippen molar-refractivity contribution in [2.75, 3.05) is 35.5 Å². The van der Waals surface area contributed by atoms with Crippen molar-refractivity contribution < 1.29 is 33.2 Å². The fraction of sp³-hybridized carbons (Fsp3) is 0.286. The van der Waals surface area contributed by atoms with E-state index < -0.39 is 5.97 Å². The summed E-state index contributed by atoms with van der Waals surface area (Å²) in [6.07, 6.45) is 1.72. The van der Waals surface area contributed by atoms with Gasteiger partial charge in [-0.25, -0.2) is 4.79 Å². The molecule has 28 heavy (non-hydrogen) atoms. The average molecular weight is 386 g/mol. The molecular formula is C21H22O7. The number of hydrogen-bond donors (Lipinski definition) is 0. The molecule has 0 fully saturated rings. The molecule has 2 aromatic carbocycles. The lowest BCUT2D eigenvalue weighted by molar-refractivity contribution is -0.138.